The highest BCUT2D eigenvalue weighted by molar-refractivity contribution is 8.00. The third-order valence-electron chi connectivity index (χ3n) is 6.77. The fourth-order valence-corrected chi connectivity index (χ4v) is 7.07. The van der Waals surface area contributed by atoms with E-state index in [9.17, 15) is 14.7 Å². The number of aromatic nitrogens is 2. The Morgan fingerprint density at radius 3 is 2.59 bits per heavy atom. The number of para-hydroxylation sites is 1. The number of fused-ring (bicyclic) bond motifs is 1. The molecule has 0 radical (unpaired) electrons. The molecule has 11 heteroatoms. The molecule has 0 spiro atoms. The number of furan rings is 1. The molecule has 0 aliphatic carbocycles. The molecule has 3 heterocycles. The summed E-state index contributed by atoms with van der Waals surface area (Å²) in [5.74, 6) is -1.40. The van der Waals surface area contributed by atoms with Gasteiger partial charge in [0.1, 0.15) is 5.58 Å². The first-order chi connectivity index (χ1) is 19.8. The molecule has 1 N–H and O–H groups in total. The monoisotopic (exact) mass is 621 g/mol. The van der Waals surface area contributed by atoms with Crippen LogP contribution in [0.15, 0.2) is 92.9 Å². The van der Waals surface area contributed by atoms with Gasteiger partial charge in [0.15, 0.2) is 15.9 Å². The first kappa shape index (κ1) is 27.5. The Balaban J connectivity index is 1.35. The molecule has 1 unspecified atom stereocenters. The molecule has 2 aromatic heterocycles. The van der Waals surface area contributed by atoms with Crippen molar-refractivity contribution >= 4 is 74.1 Å². The van der Waals surface area contributed by atoms with Gasteiger partial charge in [-0.15, -0.1) is 10.2 Å². The number of anilines is 1. The van der Waals surface area contributed by atoms with Crippen molar-refractivity contribution in [1.82, 2.24) is 10.2 Å². The molecule has 1 atom stereocenters. The number of nitrogens with zero attached hydrogens (tertiary/aromatic N) is 3. The lowest BCUT2D eigenvalue weighted by Gasteiger charge is -2.24. The second-order valence-corrected chi connectivity index (χ2v) is 12.3. The molecule has 1 aliphatic rings. The maximum atomic E-state index is 13.8. The van der Waals surface area contributed by atoms with Crippen LogP contribution in [0, 0.1) is 0 Å². The van der Waals surface area contributed by atoms with Crippen LogP contribution in [0.4, 0.5) is 5.13 Å². The Hall–Kier alpha value is -3.63. The quantitative estimate of drug-likeness (QED) is 0.106. The highest BCUT2D eigenvalue weighted by atomic mass is 35.5. The summed E-state index contributed by atoms with van der Waals surface area (Å²) in [6.07, 6.45) is 0.827. The molecule has 6 rings (SSSR count). The van der Waals surface area contributed by atoms with Crippen molar-refractivity contribution in [2.45, 2.75) is 29.5 Å². The first-order valence-electron chi connectivity index (χ1n) is 12.6. The maximum absolute atomic E-state index is 13.8. The molecule has 206 valence electrons. The molecule has 41 heavy (non-hydrogen) atoms. The van der Waals surface area contributed by atoms with Gasteiger partial charge in [0, 0.05) is 21.2 Å². The molecule has 0 fully saturated rings. The minimum absolute atomic E-state index is 0.0333. The number of carbonyl (C=O) groups excluding carboxylic acids is 2. The van der Waals surface area contributed by atoms with Crippen LogP contribution in [-0.4, -0.2) is 27.0 Å². The average molecular weight is 623 g/mol. The summed E-state index contributed by atoms with van der Waals surface area (Å²) in [7, 11) is 0. The van der Waals surface area contributed by atoms with Crippen LogP contribution in [0.5, 0.6) is 0 Å². The number of carbonyl (C=O) groups is 2. The van der Waals surface area contributed by atoms with Crippen molar-refractivity contribution in [3.05, 3.63) is 117 Å². The molecule has 7 nitrogen and oxygen atoms in total. The Kier molecular flexibility index (Phi) is 7.61. The fraction of sp³-hybridized carbons (Fsp3) is 0.133. The van der Waals surface area contributed by atoms with Gasteiger partial charge in [0.25, 0.3) is 5.91 Å². The zero-order valence-electron chi connectivity index (χ0n) is 21.5. The number of thioether (sulfide) groups is 1. The van der Waals surface area contributed by atoms with E-state index in [0.717, 1.165) is 22.9 Å². The fourth-order valence-electron chi connectivity index (χ4n) is 4.65. The number of amides is 1. The summed E-state index contributed by atoms with van der Waals surface area (Å²) in [6.45, 7) is 2.04. The molecular formula is C30H21Cl2N3O4S2. The van der Waals surface area contributed by atoms with Crippen LogP contribution < -0.4 is 4.90 Å². The van der Waals surface area contributed by atoms with Crippen molar-refractivity contribution in [3.8, 4) is 0 Å². The predicted molar refractivity (Wildman–Crippen MR) is 162 cm³/mol. The van der Waals surface area contributed by atoms with E-state index >= 15 is 0 Å². The van der Waals surface area contributed by atoms with Gasteiger partial charge >= 0.3 is 0 Å². The number of halogens is 2. The van der Waals surface area contributed by atoms with Crippen molar-refractivity contribution in [3.63, 3.8) is 0 Å². The summed E-state index contributed by atoms with van der Waals surface area (Å²) >= 11 is 14.9. The number of rotatable bonds is 8. The summed E-state index contributed by atoms with van der Waals surface area (Å²) in [6, 6.07) is 20.8. The molecule has 1 aliphatic heterocycles. The predicted octanol–water partition coefficient (Wildman–Crippen LogP) is 8.23. The molecule has 1 amide bonds. The lowest BCUT2D eigenvalue weighted by molar-refractivity contribution is -0.117. The summed E-state index contributed by atoms with van der Waals surface area (Å²) in [5.41, 5.74) is 3.08. The van der Waals surface area contributed by atoms with Crippen molar-refractivity contribution in [2.24, 2.45) is 0 Å². The van der Waals surface area contributed by atoms with Gasteiger partial charge < -0.3 is 9.52 Å². The highest BCUT2D eigenvalue weighted by Gasteiger charge is 2.46. The zero-order valence-corrected chi connectivity index (χ0v) is 24.7. The molecular weight excluding hydrogens is 601 g/mol. The Labute approximate surface area is 253 Å². The minimum atomic E-state index is -0.925. The van der Waals surface area contributed by atoms with Gasteiger partial charge in [-0.25, -0.2) is 0 Å². The first-order valence-corrected chi connectivity index (χ1v) is 15.2. The van der Waals surface area contributed by atoms with Gasteiger partial charge in [-0.2, -0.15) is 0 Å². The summed E-state index contributed by atoms with van der Waals surface area (Å²) < 4.78 is 6.40. The molecule has 3 aromatic carbocycles. The van der Waals surface area contributed by atoms with Crippen LogP contribution in [0.3, 0.4) is 0 Å². The molecule has 0 saturated carbocycles. The van der Waals surface area contributed by atoms with E-state index in [-0.39, 0.29) is 16.5 Å². The number of hydrogen-bond acceptors (Lipinski definition) is 8. The zero-order chi connectivity index (χ0) is 28.7. The minimum Gasteiger partial charge on any atom is -0.503 e. The van der Waals surface area contributed by atoms with E-state index in [1.54, 1.807) is 24.3 Å². The largest absolute Gasteiger partial charge is 0.503 e. The number of Topliss-reactive ketones (excluding diaryl/α,β-unsaturated/α-hetero) is 1. The van der Waals surface area contributed by atoms with Gasteiger partial charge in [-0.3, -0.25) is 14.5 Å². The number of aliphatic hydroxyl groups is 1. The van der Waals surface area contributed by atoms with Crippen LogP contribution in [-0.2, 0) is 17.0 Å². The van der Waals surface area contributed by atoms with Crippen molar-refractivity contribution in [2.75, 3.05) is 4.90 Å². The number of hydrogen-bond donors (Lipinski definition) is 1. The van der Waals surface area contributed by atoms with Crippen molar-refractivity contribution in [1.29, 1.82) is 0 Å². The van der Waals surface area contributed by atoms with Crippen LogP contribution >= 0.6 is 46.3 Å². The maximum Gasteiger partial charge on any atom is 0.296 e. The van der Waals surface area contributed by atoms with Gasteiger partial charge in [-0.05, 0) is 47.4 Å². The second-order valence-electron chi connectivity index (χ2n) is 9.29. The third kappa shape index (κ3) is 5.26. The SMILES string of the molecule is CCc1ccc(C2C(C(=O)c3cc4ccccc4o3)=C(O)C(=O)N2c2nnc(SCc3ccc(Cl)cc3Cl)s2)cc1. The lowest BCUT2D eigenvalue weighted by Crippen LogP contribution is -2.31. The standard InChI is InChI=1S/C30H21Cl2N3O4S2/c1-2-16-7-9-17(10-8-16)25-24(26(36)23-13-18-5-3-4-6-22(18)39-23)27(37)28(38)35(25)29-33-34-30(41-29)40-15-19-11-12-20(31)14-21(19)32/h3-14,25,37H,2,15H2,1H3. The molecule has 0 bridgehead atoms. The van der Waals surface area contributed by atoms with Crippen LogP contribution in [0.25, 0.3) is 11.0 Å². The van der Waals surface area contributed by atoms with E-state index in [2.05, 4.69) is 10.2 Å². The van der Waals surface area contributed by atoms with Crippen LogP contribution in [0.1, 0.15) is 40.2 Å². The smallest absolute Gasteiger partial charge is 0.296 e. The Bertz CT molecular complexity index is 1800. The average Bonchev–Trinajstić information content (AvgIpc) is 3.69. The summed E-state index contributed by atoms with van der Waals surface area (Å²) in [5, 5.41) is 21.7. The number of aliphatic hydroxyl groups excluding tert-OH is 1. The van der Waals surface area contributed by atoms with Crippen molar-refractivity contribution < 1.29 is 19.1 Å². The van der Waals surface area contributed by atoms with Gasteiger partial charge in [-0.1, -0.05) is 102 Å². The van der Waals surface area contributed by atoms with E-state index in [1.165, 1.54) is 28.0 Å². The van der Waals surface area contributed by atoms with Gasteiger partial charge in [0.2, 0.25) is 10.9 Å². The Morgan fingerprint density at radius 2 is 1.85 bits per heavy atom. The second kappa shape index (κ2) is 11.3. The molecule has 5 aromatic rings. The Morgan fingerprint density at radius 1 is 1.07 bits per heavy atom. The summed E-state index contributed by atoms with van der Waals surface area (Å²) in [4.78, 5) is 28.7. The van der Waals surface area contributed by atoms with E-state index in [1.807, 2.05) is 55.5 Å². The van der Waals surface area contributed by atoms with Gasteiger partial charge in [0.05, 0.1) is 11.6 Å². The van der Waals surface area contributed by atoms with E-state index in [0.29, 0.717) is 31.3 Å². The van der Waals surface area contributed by atoms with E-state index < -0.39 is 23.5 Å². The highest BCUT2D eigenvalue weighted by Crippen LogP contribution is 2.44. The lowest BCUT2D eigenvalue weighted by atomic mass is 9.94. The third-order valence-corrected chi connectivity index (χ3v) is 9.47. The van der Waals surface area contributed by atoms with E-state index in [4.69, 9.17) is 27.6 Å². The number of aryl methyl sites for hydroxylation is 1. The van der Waals surface area contributed by atoms with Crippen LogP contribution in [0.2, 0.25) is 10.0 Å². The molecule has 0 saturated heterocycles. The topological polar surface area (TPSA) is 96.5 Å². The normalized spacial score (nSPS) is 15.3. The number of ketones is 1. The number of benzene rings is 3.